The quantitative estimate of drug-likeness (QED) is 0.884. The summed E-state index contributed by atoms with van der Waals surface area (Å²) in [4.78, 5) is 0. The number of nitrogens with one attached hydrogen (secondary N) is 1. The van der Waals surface area contributed by atoms with Gasteiger partial charge in [-0.15, -0.1) is 0 Å². The number of hydrogen-bond acceptors (Lipinski definition) is 5. The maximum Gasteiger partial charge on any atom is 0.161 e. The Hall–Kier alpha value is -1.98. The molecule has 1 aliphatic rings. The number of fused-ring (bicyclic) bond motifs is 1. The third-order valence-corrected chi connectivity index (χ3v) is 3.56. The second-order valence-corrected chi connectivity index (χ2v) is 5.10. The average Bonchev–Trinajstić information content (AvgIpc) is 3.05. The maximum atomic E-state index is 10.4. The van der Waals surface area contributed by atoms with Gasteiger partial charge in [0, 0.05) is 6.04 Å². The van der Waals surface area contributed by atoms with E-state index in [9.17, 15) is 5.11 Å². The molecule has 21 heavy (non-hydrogen) atoms. The Bertz CT molecular complexity index is 582. The number of benzene rings is 1. The topological polar surface area (TPSA) is 63.9 Å². The minimum Gasteiger partial charge on any atom is -0.486 e. The first kappa shape index (κ1) is 14.0. The molecule has 0 bridgehead atoms. The second kappa shape index (κ2) is 6.20. The zero-order valence-corrected chi connectivity index (χ0v) is 11.9. The molecule has 0 amide bonds. The molecule has 2 aromatic rings. The van der Waals surface area contributed by atoms with E-state index < -0.39 is 6.10 Å². The van der Waals surface area contributed by atoms with E-state index in [1.165, 1.54) is 0 Å². The third kappa shape index (κ3) is 3.20. The summed E-state index contributed by atoms with van der Waals surface area (Å²) in [5.74, 6) is 2.26. The normalized spacial score (nSPS) is 16.5. The second-order valence-electron chi connectivity index (χ2n) is 5.10. The Kier molecular flexibility index (Phi) is 4.13. The van der Waals surface area contributed by atoms with Crippen LogP contribution in [0.1, 0.15) is 24.4 Å². The maximum absolute atomic E-state index is 10.4. The summed E-state index contributed by atoms with van der Waals surface area (Å²) < 4.78 is 16.3. The number of furan rings is 1. The van der Waals surface area contributed by atoms with Gasteiger partial charge in [0.05, 0.1) is 18.9 Å². The van der Waals surface area contributed by atoms with E-state index in [2.05, 4.69) is 5.32 Å². The molecule has 2 unspecified atom stereocenters. The lowest BCUT2D eigenvalue weighted by Crippen LogP contribution is -2.31. The van der Waals surface area contributed by atoms with Crippen LogP contribution in [-0.2, 0) is 6.54 Å². The van der Waals surface area contributed by atoms with Gasteiger partial charge in [-0.25, -0.2) is 0 Å². The highest BCUT2D eigenvalue weighted by Gasteiger charge is 2.19. The van der Waals surface area contributed by atoms with Crippen molar-refractivity contribution < 1.29 is 19.0 Å². The first-order valence-electron chi connectivity index (χ1n) is 7.07. The van der Waals surface area contributed by atoms with Crippen molar-refractivity contribution in [2.24, 2.45) is 0 Å². The van der Waals surface area contributed by atoms with Crippen molar-refractivity contribution in [2.75, 3.05) is 13.2 Å². The van der Waals surface area contributed by atoms with E-state index in [1.54, 1.807) is 6.26 Å². The van der Waals surface area contributed by atoms with Gasteiger partial charge in [-0.05, 0) is 36.8 Å². The summed E-state index contributed by atoms with van der Waals surface area (Å²) in [6.07, 6.45) is 1.01. The Labute approximate surface area is 123 Å². The van der Waals surface area contributed by atoms with E-state index >= 15 is 0 Å². The molecule has 1 aromatic heterocycles. The number of ether oxygens (including phenoxy) is 2. The molecular weight excluding hydrogens is 270 g/mol. The Morgan fingerprint density at radius 2 is 2.00 bits per heavy atom. The lowest BCUT2D eigenvalue weighted by molar-refractivity contribution is 0.132. The molecule has 2 heterocycles. The number of aliphatic hydroxyl groups excluding tert-OH is 1. The monoisotopic (exact) mass is 289 g/mol. The van der Waals surface area contributed by atoms with Crippen LogP contribution >= 0.6 is 0 Å². The highest BCUT2D eigenvalue weighted by atomic mass is 16.6. The molecular formula is C16H19NO4. The zero-order valence-electron chi connectivity index (χ0n) is 11.9. The lowest BCUT2D eigenvalue weighted by atomic mass is 10.0. The fourth-order valence-corrected chi connectivity index (χ4v) is 2.32. The molecule has 0 fully saturated rings. The Morgan fingerprint density at radius 3 is 2.76 bits per heavy atom. The Balaban J connectivity index is 1.65. The van der Waals surface area contributed by atoms with Gasteiger partial charge in [-0.3, -0.25) is 0 Å². The van der Waals surface area contributed by atoms with Gasteiger partial charge in [0.2, 0.25) is 0 Å². The zero-order chi connectivity index (χ0) is 14.7. The largest absolute Gasteiger partial charge is 0.486 e. The van der Waals surface area contributed by atoms with Crippen molar-refractivity contribution in [1.82, 2.24) is 5.32 Å². The summed E-state index contributed by atoms with van der Waals surface area (Å²) in [5, 5.41) is 13.7. The van der Waals surface area contributed by atoms with Gasteiger partial charge in [0.1, 0.15) is 19.0 Å². The van der Waals surface area contributed by atoms with Crippen LogP contribution in [-0.4, -0.2) is 24.4 Å². The fraction of sp³-hybridized carbons (Fsp3) is 0.375. The SMILES string of the molecule is CC(NCc1ccco1)C(O)c1ccc2c(c1)OCCO2. The first-order valence-corrected chi connectivity index (χ1v) is 7.07. The number of aliphatic hydroxyl groups is 1. The van der Waals surface area contributed by atoms with Crippen LogP contribution in [0.5, 0.6) is 11.5 Å². The van der Waals surface area contributed by atoms with Gasteiger partial charge in [0.15, 0.2) is 11.5 Å². The smallest absolute Gasteiger partial charge is 0.161 e. The summed E-state index contributed by atoms with van der Waals surface area (Å²) >= 11 is 0. The van der Waals surface area contributed by atoms with Crippen LogP contribution in [0.25, 0.3) is 0 Å². The van der Waals surface area contributed by atoms with Crippen molar-refractivity contribution >= 4 is 0 Å². The molecule has 0 aliphatic carbocycles. The van der Waals surface area contributed by atoms with Crippen molar-refractivity contribution in [3.05, 3.63) is 47.9 Å². The van der Waals surface area contributed by atoms with Crippen molar-refractivity contribution in [3.63, 3.8) is 0 Å². The number of hydrogen-bond donors (Lipinski definition) is 2. The van der Waals surface area contributed by atoms with E-state index in [4.69, 9.17) is 13.9 Å². The van der Waals surface area contributed by atoms with Crippen molar-refractivity contribution in [2.45, 2.75) is 25.6 Å². The van der Waals surface area contributed by atoms with Crippen molar-refractivity contribution in [3.8, 4) is 11.5 Å². The summed E-state index contributed by atoms with van der Waals surface area (Å²) in [6, 6.07) is 9.17. The van der Waals surface area contributed by atoms with Crippen LogP contribution in [0, 0.1) is 0 Å². The molecule has 1 aromatic carbocycles. The molecule has 0 saturated carbocycles. The van der Waals surface area contributed by atoms with Crippen LogP contribution in [0.2, 0.25) is 0 Å². The molecule has 112 valence electrons. The molecule has 1 aliphatic heterocycles. The van der Waals surface area contributed by atoms with E-state index in [1.807, 2.05) is 37.3 Å². The minimum absolute atomic E-state index is 0.113. The lowest BCUT2D eigenvalue weighted by Gasteiger charge is -2.23. The first-order chi connectivity index (χ1) is 10.2. The molecule has 0 saturated heterocycles. The molecule has 5 heteroatoms. The van der Waals surface area contributed by atoms with E-state index in [-0.39, 0.29) is 6.04 Å². The molecule has 0 radical (unpaired) electrons. The predicted molar refractivity (Wildman–Crippen MR) is 77.4 cm³/mol. The van der Waals surface area contributed by atoms with Gasteiger partial charge in [-0.1, -0.05) is 6.07 Å². The van der Waals surface area contributed by atoms with Gasteiger partial charge < -0.3 is 24.3 Å². The summed E-state index contributed by atoms with van der Waals surface area (Å²) in [6.45, 7) is 3.62. The predicted octanol–water partition coefficient (Wildman–Crippen LogP) is 2.26. The summed E-state index contributed by atoms with van der Waals surface area (Å²) in [7, 11) is 0. The van der Waals surface area contributed by atoms with Gasteiger partial charge in [-0.2, -0.15) is 0 Å². The van der Waals surface area contributed by atoms with Crippen LogP contribution in [0.15, 0.2) is 41.0 Å². The van der Waals surface area contributed by atoms with E-state index in [0.29, 0.717) is 25.5 Å². The minimum atomic E-state index is -0.629. The standard InChI is InChI=1S/C16H19NO4/c1-11(17-10-13-3-2-6-19-13)16(18)12-4-5-14-15(9-12)21-8-7-20-14/h2-6,9,11,16-18H,7-8,10H2,1H3. The highest BCUT2D eigenvalue weighted by Crippen LogP contribution is 2.33. The highest BCUT2D eigenvalue weighted by molar-refractivity contribution is 5.44. The molecule has 2 N–H and O–H groups in total. The van der Waals surface area contributed by atoms with Crippen LogP contribution in [0.4, 0.5) is 0 Å². The fourth-order valence-electron chi connectivity index (χ4n) is 2.32. The van der Waals surface area contributed by atoms with Gasteiger partial charge in [0.25, 0.3) is 0 Å². The molecule has 0 spiro atoms. The number of rotatable bonds is 5. The van der Waals surface area contributed by atoms with Crippen molar-refractivity contribution in [1.29, 1.82) is 0 Å². The van der Waals surface area contributed by atoms with Crippen LogP contribution < -0.4 is 14.8 Å². The van der Waals surface area contributed by atoms with Gasteiger partial charge >= 0.3 is 0 Å². The third-order valence-electron chi connectivity index (χ3n) is 3.56. The molecule has 2 atom stereocenters. The molecule has 5 nitrogen and oxygen atoms in total. The van der Waals surface area contributed by atoms with Crippen LogP contribution in [0.3, 0.4) is 0 Å². The van der Waals surface area contributed by atoms with E-state index in [0.717, 1.165) is 17.1 Å². The molecule has 3 rings (SSSR count). The average molecular weight is 289 g/mol. The Morgan fingerprint density at radius 1 is 1.19 bits per heavy atom. The summed E-state index contributed by atoms with van der Waals surface area (Å²) in [5.41, 5.74) is 0.804.